The van der Waals surface area contributed by atoms with Gasteiger partial charge in [0.05, 0.1) is 6.61 Å². The minimum absolute atomic E-state index is 0.105. The maximum absolute atomic E-state index is 12.3. The van der Waals surface area contributed by atoms with Crippen LogP contribution < -0.4 is 9.47 Å². The number of ether oxygens (including phenoxy) is 2. The van der Waals surface area contributed by atoms with Crippen LogP contribution in [0, 0.1) is 0 Å². The molecule has 0 bridgehead atoms. The summed E-state index contributed by atoms with van der Waals surface area (Å²) < 4.78 is 11.0. The summed E-state index contributed by atoms with van der Waals surface area (Å²) in [6.45, 7) is 4.26. The average molecular weight is 305 g/mol. The second-order valence-corrected chi connectivity index (χ2v) is 4.98. The van der Waals surface area contributed by atoms with Crippen LogP contribution in [0.2, 0.25) is 5.02 Å². The molecule has 0 saturated heterocycles. The van der Waals surface area contributed by atoms with Gasteiger partial charge in [0.25, 0.3) is 0 Å². The number of carbonyl (C=O) groups is 1. The molecule has 4 heteroatoms. The number of hydrogen-bond acceptors (Lipinski definition) is 3. The topological polar surface area (TPSA) is 35.5 Å². The quantitative estimate of drug-likeness (QED) is 0.743. The average Bonchev–Trinajstić information content (AvgIpc) is 2.48. The lowest BCUT2D eigenvalue weighted by Crippen LogP contribution is -2.23. The summed E-state index contributed by atoms with van der Waals surface area (Å²) in [7, 11) is 0. The normalized spacial score (nSPS) is 11.8. The predicted molar refractivity (Wildman–Crippen MR) is 83.5 cm³/mol. The summed E-state index contributed by atoms with van der Waals surface area (Å²) in [6, 6.07) is 14.0. The molecule has 0 spiro atoms. The molecule has 1 atom stereocenters. The molecule has 0 N–H and O–H groups in total. The first-order valence-electron chi connectivity index (χ1n) is 6.79. The van der Waals surface area contributed by atoms with Crippen molar-refractivity contribution in [3.63, 3.8) is 0 Å². The van der Waals surface area contributed by atoms with E-state index >= 15 is 0 Å². The summed E-state index contributed by atoms with van der Waals surface area (Å²) in [5, 5.41) is 0.536. The van der Waals surface area contributed by atoms with E-state index < -0.39 is 6.10 Å². The smallest absolute Gasteiger partial charge is 0.203 e. The van der Waals surface area contributed by atoms with E-state index in [0.29, 0.717) is 22.9 Å². The Labute approximate surface area is 129 Å². The first-order chi connectivity index (χ1) is 10.1. The van der Waals surface area contributed by atoms with Gasteiger partial charge in [0.1, 0.15) is 11.5 Å². The van der Waals surface area contributed by atoms with E-state index in [-0.39, 0.29) is 5.78 Å². The molecule has 0 fully saturated rings. The van der Waals surface area contributed by atoms with Crippen molar-refractivity contribution in [1.82, 2.24) is 0 Å². The molecule has 110 valence electrons. The second-order valence-electron chi connectivity index (χ2n) is 4.54. The fourth-order valence-corrected chi connectivity index (χ4v) is 2.11. The number of halogens is 1. The number of benzene rings is 2. The third kappa shape index (κ3) is 4.23. The van der Waals surface area contributed by atoms with E-state index in [9.17, 15) is 4.79 Å². The lowest BCUT2D eigenvalue weighted by Gasteiger charge is -2.14. The Morgan fingerprint density at radius 2 is 1.81 bits per heavy atom. The van der Waals surface area contributed by atoms with Gasteiger partial charge in [-0.05, 0) is 50.2 Å². The SMILES string of the molecule is CCOc1ccc(OC(C)C(=O)c2cccc(Cl)c2)cc1. The first-order valence-corrected chi connectivity index (χ1v) is 7.17. The highest BCUT2D eigenvalue weighted by Crippen LogP contribution is 2.20. The van der Waals surface area contributed by atoms with Gasteiger partial charge in [-0.25, -0.2) is 0 Å². The molecule has 2 aromatic rings. The van der Waals surface area contributed by atoms with Crippen molar-refractivity contribution in [2.45, 2.75) is 20.0 Å². The molecule has 0 aliphatic carbocycles. The molecule has 0 heterocycles. The number of ketones is 1. The van der Waals surface area contributed by atoms with Gasteiger partial charge in [0.15, 0.2) is 6.10 Å². The first kappa shape index (κ1) is 15.4. The molecule has 2 rings (SSSR count). The Kier molecular flexibility index (Phi) is 5.23. The fourth-order valence-electron chi connectivity index (χ4n) is 1.92. The molecule has 21 heavy (non-hydrogen) atoms. The van der Waals surface area contributed by atoms with Crippen LogP contribution in [0.1, 0.15) is 24.2 Å². The maximum atomic E-state index is 12.3. The van der Waals surface area contributed by atoms with E-state index in [0.717, 1.165) is 5.75 Å². The number of carbonyl (C=O) groups excluding carboxylic acids is 1. The molecule has 0 saturated carbocycles. The van der Waals surface area contributed by atoms with E-state index in [1.54, 1.807) is 43.3 Å². The van der Waals surface area contributed by atoms with Gasteiger partial charge >= 0.3 is 0 Å². The monoisotopic (exact) mass is 304 g/mol. The predicted octanol–water partition coefficient (Wildman–Crippen LogP) is 4.39. The van der Waals surface area contributed by atoms with Crippen molar-refractivity contribution >= 4 is 17.4 Å². The number of hydrogen-bond donors (Lipinski definition) is 0. The summed E-state index contributed by atoms with van der Waals surface area (Å²) in [5.41, 5.74) is 0.543. The maximum Gasteiger partial charge on any atom is 0.203 e. The Hall–Kier alpha value is -2.00. The third-order valence-corrected chi connectivity index (χ3v) is 3.16. The lowest BCUT2D eigenvalue weighted by molar-refractivity contribution is 0.0818. The van der Waals surface area contributed by atoms with E-state index in [1.807, 2.05) is 19.1 Å². The molecule has 0 aliphatic rings. The van der Waals surface area contributed by atoms with Gasteiger partial charge in [-0.2, -0.15) is 0 Å². The van der Waals surface area contributed by atoms with Crippen LogP contribution in [0.25, 0.3) is 0 Å². The number of rotatable bonds is 6. The van der Waals surface area contributed by atoms with Crippen molar-refractivity contribution in [2.75, 3.05) is 6.61 Å². The summed E-state index contributed by atoms with van der Waals surface area (Å²) in [5.74, 6) is 1.30. The van der Waals surface area contributed by atoms with E-state index in [2.05, 4.69) is 0 Å². The molecule has 0 amide bonds. The molecule has 0 aliphatic heterocycles. The Balaban J connectivity index is 2.03. The largest absolute Gasteiger partial charge is 0.494 e. The van der Waals surface area contributed by atoms with Crippen LogP contribution in [-0.2, 0) is 0 Å². The minimum Gasteiger partial charge on any atom is -0.494 e. The molecule has 2 aromatic carbocycles. The van der Waals surface area contributed by atoms with Gasteiger partial charge in [-0.1, -0.05) is 23.7 Å². The van der Waals surface area contributed by atoms with E-state index in [4.69, 9.17) is 21.1 Å². The number of Topliss-reactive ketones (excluding diaryl/α,β-unsaturated/α-hetero) is 1. The van der Waals surface area contributed by atoms with Crippen LogP contribution in [-0.4, -0.2) is 18.5 Å². The zero-order valence-electron chi connectivity index (χ0n) is 12.0. The highest BCUT2D eigenvalue weighted by atomic mass is 35.5. The van der Waals surface area contributed by atoms with Gasteiger partial charge < -0.3 is 9.47 Å². The molecule has 3 nitrogen and oxygen atoms in total. The van der Waals surface area contributed by atoms with Crippen molar-refractivity contribution in [2.24, 2.45) is 0 Å². The lowest BCUT2D eigenvalue weighted by atomic mass is 10.1. The zero-order valence-corrected chi connectivity index (χ0v) is 12.8. The Morgan fingerprint density at radius 1 is 1.14 bits per heavy atom. The van der Waals surface area contributed by atoms with Crippen LogP contribution in [0.4, 0.5) is 0 Å². The van der Waals surface area contributed by atoms with E-state index in [1.165, 1.54) is 0 Å². The zero-order chi connectivity index (χ0) is 15.2. The molecular formula is C17H17ClO3. The van der Waals surface area contributed by atoms with Crippen molar-refractivity contribution < 1.29 is 14.3 Å². The molecule has 0 aromatic heterocycles. The molecular weight excluding hydrogens is 288 g/mol. The summed E-state index contributed by atoms with van der Waals surface area (Å²) in [6.07, 6.45) is -0.582. The second kappa shape index (κ2) is 7.14. The van der Waals surface area contributed by atoms with Crippen LogP contribution >= 0.6 is 11.6 Å². The van der Waals surface area contributed by atoms with Crippen molar-refractivity contribution in [3.05, 3.63) is 59.1 Å². The van der Waals surface area contributed by atoms with Gasteiger partial charge in [-0.15, -0.1) is 0 Å². The van der Waals surface area contributed by atoms with Crippen LogP contribution in [0.3, 0.4) is 0 Å². The summed E-state index contributed by atoms with van der Waals surface area (Å²) in [4.78, 5) is 12.3. The highest BCUT2D eigenvalue weighted by molar-refractivity contribution is 6.31. The van der Waals surface area contributed by atoms with Crippen molar-refractivity contribution in [1.29, 1.82) is 0 Å². The highest BCUT2D eigenvalue weighted by Gasteiger charge is 2.17. The van der Waals surface area contributed by atoms with Gasteiger partial charge in [-0.3, -0.25) is 4.79 Å². The minimum atomic E-state index is -0.582. The Bertz CT molecular complexity index is 608. The van der Waals surface area contributed by atoms with Gasteiger partial charge in [0.2, 0.25) is 5.78 Å². The summed E-state index contributed by atoms with van der Waals surface area (Å²) >= 11 is 5.89. The fraction of sp³-hybridized carbons (Fsp3) is 0.235. The van der Waals surface area contributed by atoms with Crippen LogP contribution in [0.5, 0.6) is 11.5 Å². The molecule has 1 unspecified atom stereocenters. The standard InChI is InChI=1S/C17H17ClO3/c1-3-20-15-7-9-16(10-8-15)21-12(2)17(19)13-5-4-6-14(18)11-13/h4-12H,3H2,1-2H3. The van der Waals surface area contributed by atoms with Crippen molar-refractivity contribution in [3.8, 4) is 11.5 Å². The Morgan fingerprint density at radius 3 is 2.43 bits per heavy atom. The van der Waals surface area contributed by atoms with Crippen LogP contribution in [0.15, 0.2) is 48.5 Å². The van der Waals surface area contributed by atoms with Gasteiger partial charge in [0, 0.05) is 10.6 Å². The molecule has 0 radical (unpaired) electrons. The third-order valence-electron chi connectivity index (χ3n) is 2.93.